The molecule has 28 heavy (non-hydrogen) atoms. The van der Waals surface area contributed by atoms with Crippen molar-refractivity contribution in [2.45, 2.75) is 34.4 Å². The van der Waals surface area contributed by atoms with E-state index in [4.69, 9.17) is 0 Å². The Labute approximate surface area is 171 Å². The zero-order valence-corrected chi connectivity index (χ0v) is 17.7. The summed E-state index contributed by atoms with van der Waals surface area (Å²) < 4.78 is 25.6. The Kier molecular flexibility index (Phi) is 6.74. The van der Waals surface area contributed by atoms with Gasteiger partial charge in [-0.15, -0.1) is 0 Å². The molecule has 0 N–H and O–H groups in total. The lowest BCUT2D eigenvalue weighted by atomic mass is 10.1. The molecule has 150 valence electrons. The molecular weight excluding hydrogens is 394 g/mol. The number of pyridine rings is 1. The molecule has 0 bridgehead atoms. The van der Waals surface area contributed by atoms with E-state index in [1.807, 2.05) is 35.2 Å². The molecule has 0 radical (unpaired) electrons. The molecule has 1 aromatic heterocycles. The number of aromatic nitrogens is 1. The van der Waals surface area contributed by atoms with Crippen LogP contribution in [0.4, 0.5) is 0 Å². The van der Waals surface area contributed by atoms with E-state index < -0.39 is 15.3 Å². The molecule has 0 spiro atoms. The van der Waals surface area contributed by atoms with Crippen molar-refractivity contribution in [2.24, 2.45) is 0 Å². The average molecular weight is 420 g/mol. The van der Waals surface area contributed by atoms with E-state index in [2.05, 4.69) is 4.98 Å². The predicted molar refractivity (Wildman–Crippen MR) is 111 cm³/mol. The predicted octanol–water partition coefficient (Wildman–Crippen LogP) is 3.18. The number of likely N-dealkylation sites (tertiary alicyclic amines) is 1. The second-order valence-corrected chi connectivity index (χ2v) is 10.2. The quantitative estimate of drug-likeness (QED) is 0.673. The van der Waals surface area contributed by atoms with Gasteiger partial charge in [-0.1, -0.05) is 42.1 Å². The zero-order chi connectivity index (χ0) is 20.1. The number of piperidine rings is 1. The summed E-state index contributed by atoms with van der Waals surface area (Å²) in [6.07, 6.45) is 4.59. The van der Waals surface area contributed by atoms with Gasteiger partial charge in [-0.3, -0.25) is 4.79 Å². The summed E-state index contributed by atoms with van der Waals surface area (Å²) in [5.74, 6) is 0.0858. The van der Waals surface area contributed by atoms with Gasteiger partial charge in [0.25, 0.3) is 0 Å². The molecule has 2 heterocycles. The van der Waals surface area contributed by atoms with Crippen LogP contribution in [0.5, 0.6) is 0 Å². The van der Waals surface area contributed by atoms with Gasteiger partial charge < -0.3 is 4.90 Å². The lowest BCUT2D eigenvalue weighted by Gasteiger charge is -2.30. The molecule has 1 aromatic carbocycles. The molecule has 0 saturated carbocycles. The molecule has 1 amide bonds. The van der Waals surface area contributed by atoms with Crippen LogP contribution in [0, 0.1) is 0 Å². The van der Waals surface area contributed by atoms with Gasteiger partial charge in [-0.2, -0.15) is 0 Å². The number of hydrogen-bond acceptors (Lipinski definition) is 5. The Hall–Kier alpha value is -1.90. The lowest BCUT2D eigenvalue weighted by molar-refractivity contribution is -0.131. The van der Waals surface area contributed by atoms with E-state index in [-0.39, 0.29) is 10.8 Å². The number of hydrogen-bond donors (Lipinski definition) is 0. The van der Waals surface area contributed by atoms with Crippen molar-refractivity contribution in [1.82, 2.24) is 14.2 Å². The number of carbonyl (C=O) groups is 1. The highest BCUT2D eigenvalue weighted by atomic mass is 32.2. The molecule has 6 nitrogen and oxygen atoms in total. The standard InChI is InChI=1S/C20H25N3O3S2/c1-22(2)28(25,26)17-11-12-18(21-15-17)27-19(16-9-5-3-6-10-16)20(24)23-13-7-4-8-14-23/h3,5-6,9-12,15,19H,4,7-8,13-14H2,1-2H3/t19-/m0/s1. The molecule has 1 atom stereocenters. The second kappa shape index (κ2) is 9.07. The number of thioether (sulfide) groups is 1. The van der Waals surface area contributed by atoms with Crippen LogP contribution >= 0.6 is 11.8 Å². The first kappa shape index (κ1) is 20.8. The van der Waals surface area contributed by atoms with Crippen LogP contribution in [-0.4, -0.2) is 55.7 Å². The largest absolute Gasteiger partial charge is 0.341 e. The maximum absolute atomic E-state index is 13.2. The number of carbonyl (C=O) groups excluding carboxylic acids is 1. The third-order valence-electron chi connectivity index (χ3n) is 4.72. The number of benzene rings is 1. The maximum atomic E-state index is 13.2. The molecule has 1 aliphatic rings. The van der Waals surface area contributed by atoms with Crippen molar-refractivity contribution in [3.8, 4) is 0 Å². The third kappa shape index (κ3) is 4.74. The topological polar surface area (TPSA) is 70.6 Å². The van der Waals surface area contributed by atoms with Crippen LogP contribution in [0.3, 0.4) is 0 Å². The first-order valence-corrected chi connectivity index (χ1v) is 11.6. The SMILES string of the molecule is CN(C)S(=O)(=O)c1ccc(S[C@H](C(=O)N2CCCCC2)c2ccccc2)nc1. The van der Waals surface area contributed by atoms with Gasteiger partial charge >= 0.3 is 0 Å². The zero-order valence-electron chi connectivity index (χ0n) is 16.1. The first-order valence-electron chi connectivity index (χ1n) is 9.28. The van der Waals surface area contributed by atoms with Crippen molar-refractivity contribution in [3.63, 3.8) is 0 Å². The maximum Gasteiger partial charge on any atom is 0.244 e. The van der Waals surface area contributed by atoms with Gasteiger partial charge in [0.2, 0.25) is 15.9 Å². The fourth-order valence-electron chi connectivity index (χ4n) is 3.09. The molecule has 3 rings (SSSR count). The van der Waals surface area contributed by atoms with Crippen molar-refractivity contribution < 1.29 is 13.2 Å². The first-order chi connectivity index (χ1) is 13.4. The molecule has 8 heteroatoms. The highest BCUT2D eigenvalue weighted by Crippen LogP contribution is 2.36. The molecule has 0 aliphatic carbocycles. The number of amides is 1. The van der Waals surface area contributed by atoms with Gasteiger partial charge in [0.1, 0.15) is 10.1 Å². The minimum absolute atomic E-state index is 0.0858. The highest BCUT2D eigenvalue weighted by molar-refractivity contribution is 8.00. The smallest absolute Gasteiger partial charge is 0.244 e. The van der Waals surface area contributed by atoms with Crippen molar-refractivity contribution >= 4 is 27.7 Å². The summed E-state index contributed by atoms with van der Waals surface area (Å²) in [6.45, 7) is 1.58. The Morgan fingerprint density at radius 1 is 1.07 bits per heavy atom. The van der Waals surface area contributed by atoms with E-state index in [0.29, 0.717) is 5.03 Å². The third-order valence-corrected chi connectivity index (χ3v) is 7.71. The van der Waals surface area contributed by atoms with E-state index in [0.717, 1.165) is 42.2 Å². The van der Waals surface area contributed by atoms with Crippen LogP contribution in [0.15, 0.2) is 58.6 Å². The molecule has 0 unspecified atom stereocenters. The fraction of sp³-hybridized carbons (Fsp3) is 0.400. The molecule has 2 aromatic rings. The Morgan fingerprint density at radius 3 is 2.32 bits per heavy atom. The summed E-state index contributed by atoms with van der Waals surface area (Å²) in [7, 11) is -0.548. The lowest BCUT2D eigenvalue weighted by Crippen LogP contribution is -2.38. The van der Waals surface area contributed by atoms with Crippen molar-refractivity contribution in [1.29, 1.82) is 0 Å². The monoisotopic (exact) mass is 419 g/mol. The summed E-state index contributed by atoms with van der Waals surface area (Å²) in [6, 6.07) is 12.9. The summed E-state index contributed by atoms with van der Waals surface area (Å²) in [5.41, 5.74) is 0.926. The van der Waals surface area contributed by atoms with Gasteiger partial charge in [0, 0.05) is 33.4 Å². The van der Waals surface area contributed by atoms with Crippen LogP contribution in [0.2, 0.25) is 0 Å². The van der Waals surface area contributed by atoms with Crippen LogP contribution in [0.25, 0.3) is 0 Å². The van der Waals surface area contributed by atoms with Gasteiger partial charge in [-0.25, -0.2) is 17.7 Å². The van der Waals surface area contributed by atoms with E-state index in [9.17, 15) is 13.2 Å². The van der Waals surface area contributed by atoms with Gasteiger partial charge in [0.15, 0.2) is 0 Å². The van der Waals surface area contributed by atoms with E-state index >= 15 is 0 Å². The van der Waals surface area contributed by atoms with Crippen LogP contribution < -0.4 is 0 Å². The number of sulfonamides is 1. The number of rotatable bonds is 6. The minimum Gasteiger partial charge on any atom is -0.341 e. The van der Waals surface area contributed by atoms with Crippen molar-refractivity contribution in [3.05, 3.63) is 54.2 Å². The molecule has 1 aliphatic heterocycles. The summed E-state index contributed by atoms with van der Waals surface area (Å²) >= 11 is 1.36. The van der Waals surface area contributed by atoms with Crippen LogP contribution in [-0.2, 0) is 14.8 Å². The minimum atomic E-state index is -3.52. The molecular formula is C20H25N3O3S2. The Morgan fingerprint density at radius 2 is 1.75 bits per heavy atom. The highest BCUT2D eigenvalue weighted by Gasteiger charge is 2.28. The number of nitrogens with zero attached hydrogens (tertiary/aromatic N) is 3. The summed E-state index contributed by atoms with van der Waals surface area (Å²) in [5, 5.41) is 0.222. The summed E-state index contributed by atoms with van der Waals surface area (Å²) in [4.78, 5) is 19.6. The second-order valence-electron chi connectivity index (χ2n) is 6.91. The normalized spacial score (nSPS) is 16.2. The fourth-order valence-corrected chi connectivity index (χ4v) is 4.98. The van der Waals surface area contributed by atoms with Crippen LogP contribution in [0.1, 0.15) is 30.1 Å². The van der Waals surface area contributed by atoms with Gasteiger partial charge in [-0.05, 0) is 37.0 Å². The average Bonchev–Trinajstić information content (AvgIpc) is 2.73. The Bertz CT molecular complexity index is 894. The van der Waals surface area contributed by atoms with E-state index in [1.165, 1.54) is 38.1 Å². The molecule has 1 saturated heterocycles. The van der Waals surface area contributed by atoms with Crippen molar-refractivity contribution in [2.75, 3.05) is 27.2 Å². The molecule has 1 fully saturated rings. The van der Waals surface area contributed by atoms with E-state index in [1.54, 1.807) is 6.07 Å². The Balaban J connectivity index is 1.84. The van der Waals surface area contributed by atoms with Gasteiger partial charge in [0.05, 0.1) is 5.03 Å².